The zero-order valence-electron chi connectivity index (χ0n) is 15.5. The number of hydrogen-bond acceptors (Lipinski definition) is 5. The van der Waals surface area contributed by atoms with Crippen molar-refractivity contribution in [3.8, 4) is 17.4 Å². The molecule has 7 nitrogen and oxygen atoms in total. The second-order valence-corrected chi connectivity index (χ2v) is 6.45. The van der Waals surface area contributed by atoms with Crippen LogP contribution in [0.5, 0.6) is 17.4 Å². The molecule has 3 rings (SSSR count). The number of aromatic nitrogens is 1. The fraction of sp³-hybridized carbons (Fsp3) is 0.350. The standard InChI is InChI=1S/C20H23N3O4/c1-23-13-15(9-10-18(23)24)19(25)22-12-14-6-5-11-21-20(14)27-17-8-4-3-7-16(17)26-2/h3-8,11,15H,9-10,12-13H2,1-2H3,(H,22,25). The first kappa shape index (κ1) is 18.7. The van der Waals surface area contributed by atoms with Gasteiger partial charge in [0.2, 0.25) is 17.7 Å². The van der Waals surface area contributed by atoms with Gasteiger partial charge in [-0.05, 0) is 24.6 Å². The molecule has 0 aliphatic carbocycles. The van der Waals surface area contributed by atoms with E-state index in [2.05, 4.69) is 10.3 Å². The molecule has 142 valence electrons. The molecule has 1 unspecified atom stereocenters. The maximum Gasteiger partial charge on any atom is 0.225 e. The number of ether oxygens (including phenoxy) is 2. The number of para-hydroxylation sites is 2. The van der Waals surface area contributed by atoms with Crippen LogP contribution in [0, 0.1) is 5.92 Å². The molecular weight excluding hydrogens is 346 g/mol. The highest BCUT2D eigenvalue weighted by Gasteiger charge is 2.28. The summed E-state index contributed by atoms with van der Waals surface area (Å²) < 4.78 is 11.2. The third kappa shape index (κ3) is 4.55. The van der Waals surface area contributed by atoms with Crippen LogP contribution < -0.4 is 14.8 Å². The minimum Gasteiger partial charge on any atom is -0.493 e. The normalized spacial score (nSPS) is 16.7. The molecule has 1 fully saturated rings. The number of hydrogen-bond donors (Lipinski definition) is 1. The molecule has 0 spiro atoms. The van der Waals surface area contributed by atoms with Crippen molar-refractivity contribution < 1.29 is 19.1 Å². The summed E-state index contributed by atoms with van der Waals surface area (Å²) in [7, 11) is 3.30. The van der Waals surface area contributed by atoms with Crippen molar-refractivity contribution in [3.63, 3.8) is 0 Å². The number of benzene rings is 1. The Morgan fingerprint density at radius 2 is 2.04 bits per heavy atom. The Balaban J connectivity index is 1.66. The highest BCUT2D eigenvalue weighted by Crippen LogP contribution is 2.31. The zero-order valence-corrected chi connectivity index (χ0v) is 15.5. The number of carbonyl (C=O) groups excluding carboxylic acids is 2. The second-order valence-electron chi connectivity index (χ2n) is 6.45. The minimum atomic E-state index is -0.192. The fourth-order valence-electron chi connectivity index (χ4n) is 3.01. The van der Waals surface area contributed by atoms with Crippen molar-refractivity contribution in [3.05, 3.63) is 48.2 Å². The number of likely N-dealkylation sites (tertiary alicyclic amines) is 1. The van der Waals surface area contributed by atoms with Crippen LogP contribution in [-0.4, -0.2) is 42.4 Å². The average molecular weight is 369 g/mol. The number of methoxy groups -OCH3 is 1. The van der Waals surface area contributed by atoms with E-state index in [0.29, 0.717) is 43.3 Å². The van der Waals surface area contributed by atoms with Gasteiger partial charge in [-0.1, -0.05) is 18.2 Å². The van der Waals surface area contributed by atoms with Crippen LogP contribution in [0.25, 0.3) is 0 Å². The van der Waals surface area contributed by atoms with Gasteiger partial charge < -0.3 is 19.7 Å². The molecule has 1 aliphatic heterocycles. The highest BCUT2D eigenvalue weighted by molar-refractivity contribution is 5.83. The van der Waals surface area contributed by atoms with E-state index >= 15 is 0 Å². The predicted molar refractivity (Wildman–Crippen MR) is 99.5 cm³/mol. The van der Waals surface area contributed by atoms with Crippen molar-refractivity contribution >= 4 is 11.8 Å². The van der Waals surface area contributed by atoms with Crippen LogP contribution in [0.3, 0.4) is 0 Å². The predicted octanol–water partition coefficient (Wildman–Crippen LogP) is 2.37. The van der Waals surface area contributed by atoms with Crippen molar-refractivity contribution in [2.24, 2.45) is 5.92 Å². The van der Waals surface area contributed by atoms with Crippen LogP contribution in [0.2, 0.25) is 0 Å². The number of pyridine rings is 1. The third-order valence-electron chi connectivity index (χ3n) is 4.58. The first-order valence-corrected chi connectivity index (χ1v) is 8.85. The van der Waals surface area contributed by atoms with Gasteiger partial charge in [0.25, 0.3) is 0 Å². The van der Waals surface area contributed by atoms with E-state index in [9.17, 15) is 9.59 Å². The van der Waals surface area contributed by atoms with Crippen molar-refractivity contribution in [1.82, 2.24) is 15.2 Å². The topological polar surface area (TPSA) is 80.8 Å². The quantitative estimate of drug-likeness (QED) is 0.845. The molecule has 1 aromatic heterocycles. The molecule has 1 saturated heterocycles. The van der Waals surface area contributed by atoms with Crippen LogP contribution >= 0.6 is 0 Å². The SMILES string of the molecule is COc1ccccc1Oc1ncccc1CNC(=O)C1CCC(=O)N(C)C1. The summed E-state index contributed by atoms with van der Waals surface area (Å²) in [5.74, 6) is 1.40. The number of carbonyl (C=O) groups is 2. The number of amides is 2. The molecule has 0 bridgehead atoms. The Morgan fingerprint density at radius 1 is 1.26 bits per heavy atom. The summed E-state index contributed by atoms with van der Waals surface area (Å²) >= 11 is 0. The highest BCUT2D eigenvalue weighted by atomic mass is 16.5. The molecule has 7 heteroatoms. The van der Waals surface area contributed by atoms with Gasteiger partial charge in [0.05, 0.1) is 13.0 Å². The maximum absolute atomic E-state index is 12.5. The summed E-state index contributed by atoms with van der Waals surface area (Å²) in [6.45, 7) is 0.744. The van der Waals surface area contributed by atoms with Gasteiger partial charge >= 0.3 is 0 Å². The molecule has 1 aromatic carbocycles. The molecule has 1 atom stereocenters. The second kappa shape index (κ2) is 8.53. The Kier molecular flexibility index (Phi) is 5.90. The van der Waals surface area contributed by atoms with Gasteiger partial charge in [-0.2, -0.15) is 0 Å². The monoisotopic (exact) mass is 369 g/mol. The van der Waals surface area contributed by atoms with Gasteiger partial charge in [0, 0.05) is 38.3 Å². The number of piperidine rings is 1. The molecule has 2 heterocycles. The summed E-state index contributed by atoms with van der Waals surface area (Å²) in [6.07, 6.45) is 2.62. The lowest BCUT2D eigenvalue weighted by Crippen LogP contribution is -2.43. The zero-order chi connectivity index (χ0) is 19.2. The van der Waals surface area contributed by atoms with Gasteiger partial charge in [0.1, 0.15) is 0 Å². The van der Waals surface area contributed by atoms with Crippen LogP contribution in [-0.2, 0) is 16.1 Å². The first-order valence-electron chi connectivity index (χ1n) is 8.85. The minimum absolute atomic E-state index is 0.0681. The first-order chi connectivity index (χ1) is 13.1. The fourth-order valence-corrected chi connectivity index (χ4v) is 3.01. The van der Waals surface area contributed by atoms with E-state index in [1.807, 2.05) is 18.2 Å². The molecule has 0 radical (unpaired) electrons. The lowest BCUT2D eigenvalue weighted by molar-refractivity contribution is -0.136. The number of nitrogens with zero attached hydrogens (tertiary/aromatic N) is 2. The van der Waals surface area contributed by atoms with Crippen molar-refractivity contribution in [1.29, 1.82) is 0 Å². The molecule has 2 amide bonds. The van der Waals surface area contributed by atoms with E-state index in [0.717, 1.165) is 5.56 Å². The van der Waals surface area contributed by atoms with Gasteiger partial charge in [-0.3, -0.25) is 9.59 Å². The molecule has 1 aliphatic rings. The summed E-state index contributed by atoms with van der Waals surface area (Å²) in [5.41, 5.74) is 0.761. The van der Waals surface area contributed by atoms with Crippen LogP contribution in [0.4, 0.5) is 0 Å². The number of rotatable bonds is 6. The lowest BCUT2D eigenvalue weighted by Gasteiger charge is -2.28. The largest absolute Gasteiger partial charge is 0.493 e. The summed E-state index contributed by atoms with van der Waals surface area (Å²) in [4.78, 5) is 29.9. The third-order valence-corrected chi connectivity index (χ3v) is 4.58. The van der Waals surface area contributed by atoms with Crippen LogP contribution in [0.15, 0.2) is 42.6 Å². The van der Waals surface area contributed by atoms with E-state index in [1.165, 1.54) is 0 Å². The van der Waals surface area contributed by atoms with E-state index in [4.69, 9.17) is 9.47 Å². The maximum atomic E-state index is 12.5. The summed E-state index contributed by atoms with van der Waals surface area (Å²) in [6, 6.07) is 11.0. The Morgan fingerprint density at radius 3 is 2.78 bits per heavy atom. The Labute approximate surface area is 158 Å². The lowest BCUT2D eigenvalue weighted by atomic mass is 9.97. The van der Waals surface area contributed by atoms with Gasteiger partial charge in [-0.15, -0.1) is 0 Å². The molecule has 0 saturated carbocycles. The molecular formula is C20H23N3O4. The Hall–Kier alpha value is -3.09. The smallest absolute Gasteiger partial charge is 0.225 e. The molecule has 2 aromatic rings. The Bertz CT molecular complexity index is 824. The van der Waals surface area contributed by atoms with E-state index in [1.54, 1.807) is 43.5 Å². The molecule has 1 N–H and O–H groups in total. The van der Waals surface area contributed by atoms with E-state index in [-0.39, 0.29) is 17.7 Å². The molecule has 27 heavy (non-hydrogen) atoms. The van der Waals surface area contributed by atoms with Crippen molar-refractivity contribution in [2.45, 2.75) is 19.4 Å². The summed E-state index contributed by atoms with van der Waals surface area (Å²) in [5, 5.41) is 2.93. The van der Waals surface area contributed by atoms with Crippen molar-refractivity contribution in [2.75, 3.05) is 20.7 Å². The van der Waals surface area contributed by atoms with Gasteiger partial charge in [0.15, 0.2) is 11.5 Å². The van der Waals surface area contributed by atoms with E-state index < -0.39 is 0 Å². The number of nitrogens with one attached hydrogen (secondary N) is 1. The van der Waals surface area contributed by atoms with Gasteiger partial charge in [-0.25, -0.2) is 4.98 Å². The van der Waals surface area contributed by atoms with Crippen LogP contribution in [0.1, 0.15) is 18.4 Å². The average Bonchev–Trinajstić information content (AvgIpc) is 2.69.